The molecular weight excluding hydrogens is 266 g/mol. The number of nitrogens with two attached hydrogens (primary N) is 1. The molecule has 2 aromatic carbocycles. The Morgan fingerprint density at radius 3 is 2.48 bits per heavy atom. The predicted octanol–water partition coefficient (Wildman–Crippen LogP) is 1.51. The van der Waals surface area contributed by atoms with E-state index in [4.69, 9.17) is 5.73 Å². The number of benzene rings is 2. The molecule has 2 aromatic rings. The largest absolute Gasteiger partial charge is 0.366 e. The molecule has 2 amide bonds. The number of hydrogen-bond acceptors (Lipinski definition) is 3. The van der Waals surface area contributed by atoms with Crippen LogP contribution in [-0.2, 0) is 11.3 Å². The second kappa shape index (κ2) is 7.21. The number of amides is 2. The van der Waals surface area contributed by atoms with Gasteiger partial charge in [0.2, 0.25) is 11.8 Å². The van der Waals surface area contributed by atoms with Crippen molar-refractivity contribution in [2.45, 2.75) is 6.54 Å². The molecule has 0 aromatic heterocycles. The van der Waals surface area contributed by atoms with Gasteiger partial charge >= 0.3 is 0 Å². The minimum absolute atomic E-state index is 0.174. The fourth-order valence-corrected chi connectivity index (χ4v) is 1.87. The molecule has 0 bridgehead atoms. The minimum atomic E-state index is -0.520. The number of anilines is 1. The summed E-state index contributed by atoms with van der Waals surface area (Å²) in [6.07, 6.45) is 0. The molecule has 0 saturated heterocycles. The Morgan fingerprint density at radius 1 is 1.00 bits per heavy atom. The van der Waals surface area contributed by atoms with Crippen LogP contribution in [0.2, 0.25) is 0 Å². The van der Waals surface area contributed by atoms with E-state index in [9.17, 15) is 9.59 Å². The van der Waals surface area contributed by atoms with Crippen molar-refractivity contribution < 1.29 is 9.59 Å². The lowest BCUT2D eigenvalue weighted by molar-refractivity contribution is -0.115. The number of rotatable bonds is 6. The Kier molecular flexibility index (Phi) is 5.06. The molecular formula is C16H17N3O2. The van der Waals surface area contributed by atoms with Crippen LogP contribution in [0.1, 0.15) is 15.9 Å². The SMILES string of the molecule is NC(=O)c1cccc(NC(=O)CNCc2ccccc2)c1. The highest BCUT2D eigenvalue weighted by Gasteiger charge is 2.05. The van der Waals surface area contributed by atoms with E-state index in [2.05, 4.69) is 10.6 Å². The van der Waals surface area contributed by atoms with Crippen LogP contribution in [0.5, 0.6) is 0 Å². The molecule has 0 aliphatic heterocycles. The van der Waals surface area contributed by atoms with Gasteiger partial charge in [0.1, 0.15) is 0 Å². The molecule has 0 saturated carbocycles. The Hall–Kier alpha value is -2.66. The fourth-order valence-electron chi connectivity index (χ4n) is 1.87. The molecule has 4 N–H and O–H groups in total. The zero-order valence-corrected chi connectivity index (χ0v) is 11.5. The van der Waals surface area contributed by atoms with Crippen LogP contribution in [0, 0.1) is 0 Å². The zero-order valence-electron chi connectivity index (χ0n) is 11.5. The number of primary amides is 1. The normalized spacial score (nSPS) is 10.1. The molecule has 5 nitrogen and oxygen atoms in total. The maximum atomic E-state index is 11.8. The molecule has 108 valence electrons. The van der Waals surface area contributed by atoms with E-state index in [1.807, 2.05) is 30.3 Å². The first-order chi connectivity index (χ1) is 10.1. The summed E-state index contributed by atoms with van der Waals surface area (Å²) in [7, 11) is 0. The maximum absolute atomic E-state index is 11.8. The third-order valence-electron chi connectivity index (χ3n) is 2.89. The molecule has 0 unspecified atom stereocenters. The maximum Gasteiger partial charge on any atom is 0.248 e. The van der Waals surface area contributed by atoms with Crippen molar-refractivity contribution in [1.29, 1.82) is 0 Å². The number of carbonyl (C=O) groups excluding carboxylic acids is 2. The second-order valence-electron chi connectivity index (χ2n) is 4.58. The number of carbonyl (C=O) groups is 2. The number of hydrogen-bond donors (Lipinski definition) is 3. The first-order valence-corrected chi connectivity index (χ1v) is 6.59. The predicted molar refractivity (Wildman–Crippen MR) is 81.7 cm³/mol. The molecule has 0 radical (unpaired) electrons. The van der Waals surface area contributed by atoms with Crippen LogP contribution in [0.4, 0.5) is 5.69 Å². The van der Waals surface area contributed by atoms with Gasteiger partial charge in [-0.15, -0.1) is 0 Å². The van der Waals surface area contributed by atoms with Crippen LogP contribution in [0.15, 0.2) is 54.6 Å². The first kappa shape index (κ1) is 14.7. The summed E-state index contributed by atoms with van der Waals surface area (Å²) in [5.74, 6) is -0.694. The summed E-state index contributed by atoms with van der Waals surface area (Å²) < 4.78 is 0. The lowest BCUT2D eigenvalue weighted by Crippen LogP contribution is -2.27. The second-order valence-corrected chi connectivity index (χ2v) is 4.58. The third kappa shape index (κ3) is 4.74. The molecule has 21 heavy (non-hydrogen) atoms. The smallest absolute Gasteiger partial charge is 0.248 e. The van der Waals surface area contributed by atoms with Crippen LogP contribution in [0.25, 0.3) is 0 Å². The monoisotopic (exact) mass is 283 g/mol. The van der Waals surface area contributed by atoms with Crippen molar-refractivity contribution in [3.05, 3.63) is 65.7 Å². The van der Waals surface area contributed by atoms with Crippen LogP contribution >= 0.6 is 0 Å². The molecule has 0 aliphatic rings. The summed E-state index contributed by atoms with van der Waals surface area (Å²) >= 11 is 0. The van der Waals surface area contributed by atoms with E-state index in [0.29, 0.717) is 17.8 Å². The highest BCUT2D eigenvalue weighted by Crippen LogP contribution is 2.09. The van der Waals surface area contributed by atoms with Crippen molar-refractivity contribution in [2.75, 3.05) is 11.9 Å². The third-order valence-corrected chi connectivity index (χ3v) is 2.89. The average molecular weight is 283 g/mol. The van der Waals surface area contributed by atoms with Crippen molar-refractivity contribution in [3.63, 3.8) is 0 Å². The molecule has 0 atom stereocenters. The summed E-state index contributed by atoms with van der Waals surface area (Å²) in [5, 5.41) is 5.77. The lowest BCUT2D eigenvalue weighted by atomic mass is 10.2. The van der Waals surface area contributed by atoms with Crippen molar-refractivity contribution in [1.82, 2.24) is 5.32 Å². The van der Waals surface area contributed by atoms with E-state index in [-0.39, 0.29) is 12.5 Å². The Bertz CT molecular complexity index is 626. The van der Waals surface area contributed by atoms with Crippen molar-refractivity contribution in [3.8, 4) is 0 Å². The summed E-state index contributed by atoms with van der Waals surface area (Å²) in [5.41, 5.74) is 7.23. The lowest BCUT2D eigenvalue weighted by Gasteiger charge is -2.07. The van der Waals surface area contributed by atoms with Gasteiger partial charge in [-0.3, -0.25) is 9.59 Å². The molecule has 0 aliphatic carbocycles. The highest BCUT2D eigenvalue weighted by atomic mass is 16.2. The van der Waals surface area contributed by atoms with Gasteiger partial charge in [0.25, 0.3) is 0 Å². The highest BCUT2D eigenvalue weighted by molar-refractivity contribution is 5.96. The Balaban J connectivity index is 1.82. The van der Waals surface area contributed by atoms with Gasteiger partial charge in [-0.2, -0.15) is 0 Å². The molecule has 0 spiro atoms. The van der Waals surface area contributed by atoms with Crippen LogP contribution in [0.3, 0.4) is 0 Å². The molecule has 0 fully saturated rings. The Morgan fingerprint density at radius 2 is 1.76 bits per heavy atom. The Labute approximate surface area is 123 Å². The fraction of sp³-hybridized carbons (Fsp3) is 0.125. The molecule has 2 rings (SSSR count). The topological polar surface area (TPSA) is 84.2 Å². The van der Waals surface area contributed by atoms with Gasteiger partial charge in [-0.25, -0.2) is 0 Å². The quantitative estimate of drug-likeness (QED) is 0.751. The van der Waals surface area contributed by atoms with Crippen LogP contribution < -0.4 is 16.4 Å². The van der Waals surface area contributed by atoms with E-state index in [1.54, 1.807) is 24.3 Å². The molecule has 0 heterocycles. The summed E-state index contributed by atoms with van der Waals surface area (Å²) in [6.45, 7) is 0.811. The standard InChI is InChI=1S/C16H17N3O2/c17-16(21)13-7-4-8-14(9-13)19-15(20)11-18-10-12-5-2-1-3-6-12/h1-9,18H,10-11H2,(H2,17,21)(H,19,20). The zero-order chi connectivity index (χ0) is 15.1. The van der Waals surface area contributed by atoms with E-state index >= 15 is 0 Å². The number of nitrogens with one attached hydrogen (secondary N) is 2. The minimum Gasteiger partial charge on any atom is -0.366 e. The van der Waals surface area contributed by atoms with E-state index in [1.165, 1.54) is 0 Å². The van der Waals surface area contributed by atoms with Crippen LogP contribution in [-0.4, -0.2) is 18.4 Å². The van der Waals surface area contributed by atoms with Crippen molar-refractivity contribution in [2.24, 2.45) is 5.73 Å². The van der Waals surface area contributed by atoms with E-state index < -0.39 is 5.91 Å². The average Bonchev–Trinajstić information content (AvgIpc) is 2.48. The van der Waals surface area contributed by atoms with Gasteiger partial charge < -0.3 is 16.4 Å². The molecule has 5 heteroatoms. The van der Waals surface area contributed by atoms with E-state index in [0.717, 1.165) is 5.56 Å². The van der Waals surface area contributed by atoms with Gasteiger partial charge in [-0.1, -0.05) is 36.4 Å². The van der Waals surface area contributed by atoms with Gasteiger partial charge in [-0.05, 0) is 23.8 Å². The van der Waals surface area contributed by atoms with Crippen molar-refractivity contribution >= 4 is 17.5 Å². The van der Waals surface area contributed by atoms with Gasteiger partial charge in [0.05, 0.1) is 6.54 Å². The first-order valence-electron chi connectivity index (χ1n) is 6.59. The summed E-state index contributed by atoms with van der Waals surface area (Å²) in [4.78, 5) is 22.9. The van der Waals surface area contributed by atoms with Gasteiger partial charge in [0.15, 0.2) is 0 Å². The van der Waals surface area contributed by atoms with Gasteiger partial charge in [0, 0.05) is 17.8 Å². The summed E-state index contributed by atoms with van der Waals surface area (Å²) in [6, 6.07) is 16.4.